The summed E-state index contributed by atoms with van der Waals surface area (Å²) in [5.41, 5.74) is 0.564. The van der Waals surface area contributed by atoms with Crippen molar-refractivity contribution in [3.8, 4) is 11.8 Å². The topological polar surface area (TPSA) is 45.0 Å². The van der Waals surface area contributed by atoms with Crippen molar-refractivity contribution in [2.24, 2.45) is 0 Å². The molecule has 0 radical (unpaired) electrons. The summed E-state index contributed by atoms with van der Waals surface area (Å²) in [4.78, 5) is 0. The van der Waals surface area contributed by atoms with Crippen LogP contribution in [0.15, 0.2) is 24.3 Å². The van der Waals surface area contributed by atoms with Gasteiger partial charge in [-0.1, -0.05) is 38.2 Å². The summed E-state index contributed by atoms with van der Waals surface area (Å²) >= 11 is 0. The quantitative estimate of drug-likeness (QED) is 0.887. The van der Waals surface area contributed by atoms with E-state index in [1.54, 1.807) is 7.11 Å². The second kappa shape index (κ2) is 6.47. The average molecular weight is 258 g/mol. The second-order valence-electron chi connectivity index (χ2n) is 5.32. The number of nitrogens with one attached hydrogen (secondary N) is 1. The molecule has 1 saturated carbocycles. The molecule has 0 unspecified atom stereocenters. The van der Waals surface area contributed by atoms with Crippen LogP contribution in [0.4, 0.5) is 5.69 Å². The smallest absolute Gasteiger partial charge is 0.125 e. The van der Waals surface area contributed by atoms with Gasteiger partial charge in [0.15, 0.2) is 0 Å². The van der Waals surface area contributed by atoms with E-state index >= 15 is 0 Å². The minimum Gasteiger partial charge on any atom is -0.497 e. The van der Waals surface area contributed by atoms with E-state index in [-0.39, 0.29) is 0 Å². The van der Waals surface area contributed by atoms with Crippen LogP contribution in [0.2, 0.25) is 0 Å². The van der Waals surface area contributed by atoms with Crippen LogP contribution in [0, 0.1) is 11.3 Å². The SMILES string of the molecule is COc1cccc(NC2(C#N)CCCCCCC2)c1. The Labute approximate surface area is 115 Å². The molecule has 0 aliphatic heterocycles. The third-order valence-corrected chi connectivity index (χ3v) is 3.87. The van der Waals surface area contributed by atoms with Gasteiger partial charge in [0.2, 0.25) is 0 Å². The van der Waals surface area contributed by atoms with Gasteiger partial charge in [-0.05, 0) is 25.0 Å². The molecule has 1 N–H and O–H groups in total. The molecule has 2 rings (SSSR count). The fourth-order valence-corrected chi connectivity index (χ4v) is 2.75. The van der Waals surface area contributed by atoms with Crippen LogP contribution in [-0.2, 0) is 0 Å². The molecule has 0 amide bonds. The van der Waals surface area contributed by atoms with Gasteiger partial charge in [-0.3, -0.25) is 0 Å². The van der Waals surface area contributed by atoms with E-state index in [9.17, 15) is 5.26 Å². The van der Waals surface area contributed by atoms with Crippen molar-refractivity contribution in [3.05, 3.63) is 24.3 Å². The van der Waals surface area contributed by atoms with Gasteiger partial charge in [0.1, 0.15) is 11.3 Å². The molecule has 3 nitrogen and oxygen atoms in total. The number of rotatable bonds is 3. The lowest BCUT2D eigenvalue weighted by Gasteiger charge is -2.30. The van der Waals surface area contributed by atoms with Crippen LogP contribution in [0.3, 0.4) is 0 Å². The van der Waals surface area contributed by atoms with E-state index in [0.717, 1.165) is 37.1 Å². The molecule has 1 aliphatic rings. The van der Waals surface area contributed by atoms with Gasteiger partial charge >= 0.3 is 0 Å². The lowest BCUT2D eigenvalue weighted by molar-refractivity contribution is 0.407. The molecule has 1 fully saturated rings. The van der Waals surface area contributed by atoms with Crippen molar-refractivity contribution in [2.75, 3.05) is 12.4 Å². The zero-order valence-corrected chi connectivity index (χ0v) is 11.6. The van der Waals surface area contributed by atoms with Gasteiger partial charge in [-0.25, -0.2) is 0 Å². The Morgan fingerprint density at radius 1 is 1.16 bits per heavy atom. The predicted molar refractivity (Wildman–Crippen MR) is 77.3 cm³/mol. The molecule has 1 aromatic rings. The average Bonchev–Trinajstić information content (AvgIpc) is 2.42. The number of ether oxygens (including phenoxy) is 1. The summed E-state index contributed by atoms with van der Waals surface area (Å²) in [7, 11) is 1.66. The number of anilines is 1. The zero-order chi connectivity index (χ0) is 13.6. The highest BCUT2D eigenvalue weighted by atomic mass is 16.5. The van der Waals surface area contributed by atoms with E-state index in [1.165, 1.54) is 19.3 Å². The number of nitriles is 1. The van der Waals surface area contributed by atoms with Gasteiger partial charge in [0.25, 0.3) is 0 Å². The first-order chi connectivity index (χ1) is 9.28. The molecule has 0 atom stereocenters. The molecular weight excluding hydrogens is 236 g/mol. The summed E-state index contributed by atoms with van der Waals surface area (Å²) in [6, 6.07) is 10.3. The maximum Gasteiger partial charge on any atom is 0.125 e. The first kappa shape index (κ1) is 13.7. The zero-order valence-electron chi connectivity index (χ0n) is 11.6. The van der Waals surface area contributed by atoms with Crippen molar-refractivity contribution in [3.63, 3.8) is 0 Å². The van der Waals surface area contributed by atoms with Crippen LogP contribution in [-0.4, -0.2) is 12.6 Å². The summed E-state index contributed by atoms with van der Waals surface area (Å²) < 4.78 is 5.23. The fourth-order valence-electron chi connectivity index (χ4n) is 2.75. The molecule has 1 aliphatic carbocycles. The van der Waals surface area contributed by atoms with E-state index in [4.69, 9.17) is 4.74 Å². The van der Waals surface area contributed by atoms with Crippen molar-refractivity contribution >= 4 is 5.69 Å². The number of benzene rings is 1. The largest absolute Gasteiger partial charge is 0.497 e. The Morgan fingerprint density at radius 3 is 2.47 bits per heavy atom. The number of nitrogens with zero attached hydrogens (tertiary/aromatic N) is 1. The Kier molecular flexibility index (Phi) is 4.68. The maximum atomic E-state index is 9.60. The fraction of sp³-hybridized carbons (Fsp3) is 0.562. The van der Waals surface area contributed by atoms with Crippen molar-refractivity contribution in [2.45, 2.75) is 50.5 Å². The van der Waals surface area contributed by atoms with Crippen molar-refractivity contribution in [1.82, 2.24) is 0 Å². The normalized spacial score (nSPS) is 18.7. The third kappa shape index (κ3) is 3.64. The first-order valence-corrected chi connectivity index (χ1v) is 7.11. The molecule has 3 heteroatoms. The standard InChI is InChI=1S/C16H22N2O/c1-19-15-9-7-8-14(12-15)18-16(13-17)10-5-3-2-4-6-11-16/h7-9,12,18H,2-6,10-11H2,1H3. The lowest BCUT2D eigenvalue weighted by Crippen LogP contribution is -2.37. The van der Waals surface area contributed by atoms with Gasteiger partial charge < -0.3 is 10.1 Å². The Hall–Kier alpha value is -1.69. The van der Waals surface area contributed by atoms with Crippen LogP contribution in [0.1, 0.15) is 44.9 Å². The van der Waals surface area contributed by atoms with Gasteiger partial charge in [0, 0.05) is 11.8 Å². The van der Waals surface area contributed by atoms with Crippen LogP contribution >= 0.6 is 0 Å². The lowest BCUT2D eigenvalue weighted by atomic mass is 9.85. The van der Waals surface area contributed by atoms with Gasteiger partial charge in [-0.2, -0.15) is 5.26 Å². The number of methoxy groups -OCH3 is 1. The van der Waals surface area contributed by atoms with E-state index < -0.39 is 5.54 Å². The minimum atomic E-state index is -0.410. The van der Waals surface area contributed by atoms with Crippen LogP contribution < -0.4 is 10.1 Å². The summed E-state index contributed by atoms with van der Waals surface area (Å²) in [6.07, 6.45) is 7.91. The number of hydrogen-bond donors (Lipinski definition) is 1. The van der Waals surface area contributed by atoms with Crippen molar-refractivity contribution in [1.29, 1.82) is 5.26 Å². The second-order valence-corrected chi connectivity index (χ2v) is 5.32. The van der Waals surface area contributed by atoms with Gasteiger partial charge in [-0.15, -0.1) is 0 Å². The highest BCUT2D eigenvalue weighted by Gasteiger charge is 2.29. The molecule has 0 saturated heterocycles. The molecule has 102 valence electrons. The summed E-state index contributed by atoms with van der Waals surface area (Å²) in [6.45, 7) is 0. The molecular formula is C16H22N2O. The van der Waals surface area contributed by atoms with Gasteiger partial charge in [0.05, 0.1) is 13.2 Å². The molecule has 0 heterocycles. The van der Waals surface area contributed by atoms with E-state index in [0.29, 0.717) is 0 Å². The third-order valence-electron chi connectivity index (χ3n) is 3.87. The Balaban J connectivity index is 2.13. The van der Waals surface area contributed by atoms with E-state index in [1.807, 2.05) is 24.3 Å². The molecule has 19 heavy (non-hydrogen) atoms. The monoisotopic (exact) mass is 258 g/mol. The highest BCUT2D eigenvalue weighted by molar-refractivity contribution is 5.51. The molecule has 0 aromatic heterocycles. The summed E-state index contributed by atoms with van der Waals surface area (Å²) in [5.74, 6) is 0.823. The van der Waals surface area contributed by atoms with Crippen molar-refractivity contribution < 1.29 is 4.74 Å². The predicted octanol–water partition coefficient (Wildman–Crippen LogP) is 4.11. The molecule has 0 bridgehead atoms. The molecule has 0 spiro atoms. The maximum absolute atomic E-state index is 9.60. The first-order valence-electron chi connectivity index (χ1n) is 7.11. The Morgan fingerprint density at radius 2 is 1.84 bits per heavy atom. The highest BCUT2D eigenvalue weighted by Crippen LogP contribution is 2.30. The van der Waals surface area contributed by atoms with E-state index in [2.05, 4.69) is 11.4 Å². The Bertz CT molecular complexity index is 442. The summed E-state index contributed by atoms with van der Waals surface area (Å²) in [5, 5.41) is 13.0. The minimum absolute atomic E-state index is 0.410. The number of hydrogen-bond acceptors (Lipinski definition) is 3. The van der Waals surface area contributed by atoms with Crippen LogP contribution in [0.5, 0.6) is 5.75 Å². The van der Waals surface area contributed by atoms with Crippen LogP contribution in [0.25, 0.3) is 0 Å². The molecule has 1 aromatic carbocycles.